The van der Waals surface area contributed by atoms with Crippen LogP contribution in [0.5, 0.6) is 5.75 Å². The fourth-order valence-corrected chi connectivity index (χ4v) is 6.15. The zero-order valence-corrected chi connectivity index (χ0v) is 25.3. The summed E-state index contributed by atoms with van der Waals surface area (Å²) in [7, 11) is 0. The molecular formula is C34H30ClN5O2S. The largest absolute Gasteiger partial charge is 0.484 e. The molecule has 0 radical (unpaired) electrons. The number of nitrogens with zero attached hydrogens (tertiary/aromatic N) is 3. The molecule has 1 aliphatic heterocycles. The third kappa shape index (κ3) is 5.98. The Labute approximate surface area is 261 Å². The molecule has 3 aromatic carbocycles. The van der Waals surface area contributed by atoms with Crippen molar-refractivity contribution in [2.75, 3.05) is 16.8 Å². The van der Waals surface area contributed by atoms with Gasteiger partial charge in [0.1, 0.15) is 5.75 Å². The molecule has 43 heavy (non-hydrogen) atoms. The van der Waals surface area contributed by atoms with Crippen LogP contribution in [0, 0.1) is 13.8 Å². The number of benzene rings is 3. The summed E-state index contributed by atoms with van der Waals surface area (Å²) in [6, 6.07) is 32.6. The highest BCUT2D eigenvalue weighted by atomic mass is 35.5. The van der Waals surface area contributed by atoms with Crippen molar-refractivity contribution >= 4 is 46.2 Å². The fourth-order valence-electron chi connectivity index (χ4n) is 5.62. The third-order valence-corrected chi connectivity index (χ3v) is 8.05. The van der Waals surface area contributed by atoms with Gasteiger partial charge in [0.2, 0.25) is 0 Å². The van der Waals surface area contributed by atoms with E-state index in [-0.39, 0.29) is 24.6 Å². The summed E-state index contributed by atoms with van der Waals surface area (Å²) in [4.78, 5) is 19.3. The maximum absolute atomic E-state index is 12.5. The van der Waals surface area contributed by atoms with Crippen molar-refractivity contribution in [3.63, 3.8) is 0 Å². The number of hydrogen-bond acceptors (Lipinski definition) is 4. The van der Waals surface area contributed by atoms with Crippen molar-refractivity contribution in [3.05, 3.63) is 137 Å². The van der Waals surface area contributed by atoms with Crippen LogP contribution in [0.1, 0.15) is 34.7 Å². The van der Waals surface area contributed by atoms with E-state index in [1.165, 1.54) is 0 Å². The number of halogens is 1. The Morgan fingerprint density at radius 3 is 2.44 bits per heavy atom. The van der Waals surface area contributed by atoms with E-state index in [1.807, 2.05) is 91.0 Å². The lowest BCUT2D eigenvalue weighted by atomic mass is 9.96. The second-order valence-corrected chi connectivity index (χ2v) is 11.2. The van der Waals surface area contributed by atoms with Crippen LogP contribution in [0.25, 0.3) is 5.69 Å². The van der Waals surface area contributed by atoms with Crippen LogP contribution in [0.2, 0.25) is 5.02 Å². The van der Waals surface area contributed by atoms with Crippen molar-refractivity contribution in [2.24, 2.45) is 0 Å². The van der Waals surface area contributed by atoms with E-state index in [1.54, 1.807) is 6.20 Å². The molecule has 0 unspecified atom stereocenters. The Morgan fingerprint density at radius 2 is 1.72 bits per heavy atom. The number of thiocarbonyl (C=S) groups is 1. The van der Waals surface area contributed by atoms with Crippen LogP contribution in [-0.2, 0) is 4.79 Å². The molecule has 0 bridgehead atoms. The molecule has 216 valence electrons. The molecule has 3 heterocycles. The number of aryl methyl sites for hydroxylation is 1. The average Bonchev–Trinajstić information content (AvgIpc) is 3.52. The van der Waals surface area contributed by atoms with Gasteiger partial charge in [0, 0.05) is 39.7 Å². The molecule has 1 saturated heterocycles. The van der Waals surface area contributed by atoms with Crippen molar-refractivity contribution < 1.29 is 9.53 Å². The Bertz CT molecular complexity index is 1760. The monoisotopic (exact) mass is 607 g/mol. The molecule has 1 aliphatic rings. The zero-order chi connectivity index (χ0) is 29.9. The van der Waals surface area contributed by atoms with E-state index in [0.29, 0.717) is 21.6 Å². The molecule has 0 spiro atoms. The highest BCUT2D eigenvalue weighted by Crippen LogP contribution is 2.44. The lowest BCUT2D eigenvalue weighted by Crippen LogP contribution is -2.29. The quantitative estimate of drug-likeness (QED) is 0.180. The van der Waals surface area contributed by atoms with Gasteiger partial charge in [-0.2, -0.15) is 0 Å². The molecular weight excluding hydrogens is 578 g/mol. The van der Waals surface area contributed by atoms with Crippen molar-refractivity contribution in [1.82, 2.24) is 14.9 Å². The maximum atomic E-state index is 12.5. The number of hydrogen-bond donors (Lipinski definition) is 2. The SMILES string of the molecule is Cc1cc([C@H]2[C@@H](c3ccccn3)NC(=S)N2c2ccc(NC(=O)COc3ccccc3)cc2)c(C)n1-c1cccc(Cl)c1. The zero-order valence-electron chi connectivity index (χ0n) is 23.7. The van der Waals surface area contributed by atoms with Gasteiger partial charge in [-0.3, -0.25) is 9.78 Å². The van der Waals surface area contributed by atoms with Crippen molar-refractivity contribution in [3.8, 4) is 11.4 Å². The van der Waals surface area contributed by atoms with E-state index in [4.69, 9.17) is 28.6 Å². The summed E-state index contributed by atoms with van der Waals surface area (Å²) in [5.41, 5.74) is 6.75. The molecule has 2 aromatic heterocycles. The van der Waals surface area contributed by atoms with Gasteiger partial charge in [-0.05, 0) is 104 Å². The molecule has 2 atom stereocenters. The fraction of sp³-hybridized carbons (Fsp3) is 0.147. The summed E-state index contributed by atoms with van der Waals surface area (Å²) in [6.45, 7) is 4.13. The number of ether oxygens (including phenoxy) is 1. The number of aromatic nitrogens is 2. The normalized spacial score (nSPS) is 16.2. The Kier molecular flexibility index (Phi) is 8.13. The molecule has 6 rings (SSSR count). The topological polar surface area (TPSA) is 71.4 Å². The molecule has 0 aliphatic carbocycles. The van der Waals surface area contributed by atoms with Crippen LogP contribution in [0.3, 0.4) is 0 Å². The van der Waals surface area contributed by atoms with Gasteiger partial charge in [0.15, 0.2) is 11.7 Å². The number of pyridine rings is 1. The summed E-state index contributed by atoms with van der Waals surface area (Å²) in [6.07, 6.45) is 1.80. The van der Waals surface area contributed by atoms with Gasteiger partial charge in [-0.15, -0.1) is 0 Å². The number of amides is 1. The highest BCUT2D eigenvalue weighted by molar-refractivity contribution is 7.80. The Balaban J connectivity index is 1.31. The molecule has 5 aromatic rings. The number of rotatable bonds is 8. The standard InChI is InChI=1S/C34H30ClN5O2S/c1-22-19-29(23(2)39(22)27-10-8-9-24(35)20-27)33-32(30-13-6-7-18-36-30)38-34(43)40(33)26-16-14-25(15-17-26)37-31(41)21-42-28-11-4-3-5-12-28/h3-20,32-33H,21H2,1-2H3,(H,37,41)(H,38,43)/t32-,33+/m1/s1. The van der Waals surface area contributed by atoms with Crippen LogP contribution < -0.4 is 20.3 Å². The van der Waals surface area contributed by atoms with Gasteiger partial charge >= 0.3 is 0 Å². The minimum atomic E-state index is -0.239. The summed E-state index contributed by atoms with van der Waals surface area (Å²) >= 11 is 12.3. The lowest BCUT2D eigenvalue weighted by Gasteiger charge is -2.28. The van der Waals surface area contributed by atoms with E-state index in [2.05, 4.69) is 51.1 Å². The first-order valence-corrected chi connectivity index (χ1v) is 14.7. The number of carbonyl (C=O) groups is 1. The van der Waals surface area contributed by atoms with Gasteiger partial charge in [0.05, 0.1) is 17.8 Å². The van der Waals surface area contributed by atoms with Gasteiger partial charge < -0.3 is 24.8 Å². The third-order valence-electron chi connectivity index (χ3n) is 7.50. The smallest absolute Gasteiger partial charge is 0.262 e. The average molecular weight is 608 g/mol. The first kappa shape index (κ1) is 28.5. The second kappa shape index (κ2) is 12.3. The van der Waals surface area contributed by atoms with Gasteiger partial charge in [0.25, 0.3) is 5.91 Å². The van der Waals surface area contributed by atoms with Crippen LogP contribution in [0.15, 0.2) is 109 Å². The summed E-state index contributed by atoms with van der Waals surface area (Å²) in [5, 5.41) is 7.72. The molecule has 1 fully saturated rings. The van der Waals surface area contributed by atoms with E-state index < -0.39 is 0 Å². The molecule has 2 N–H and O–H groups in total. The van der Waals surface area contributed by atoms with E-state index >= 15 is 0 Å². The van der Waals surface area contributed by atoms with E-state index in [0.717, 1.165) is 34.0 Å². The molecule has 0 saturated carbocycles. The molecule has 1 amide bonds. The minimum Gasteiger partial charge on any atom is -0.484 e. The summed E-state index contributed by atoms with van der Waals surface area (Å²) in [5.74, 6) is 0.405. The van der Waals surface area contributed by atoms with Gasteiger partial charge in [-0.25, -0.2) is 0 Å². The first-order valence-electron chi connectivity index (χ1n) is 13.9. The Hall–Kier alpha value is -4.66. The predicted octanol–water partition coefficient (Wildman–Crippen LogP) is 7.34. The number of para-hydroxylation sites is 1. The highest BCUT2D eigenvalue weighted by Gasteiger charge is 2.42. The van der Waals surface area contributed by atoms with E-state index in [9.17, 15) is 4.79 Å². The van der Waals surface area contributed by atoms with Crippen molar-refractivity contribution in [2.45, 2.75) is 25.9 Å². The summed E-state index contributed by atoms with van der Waals surface area (Å²) < 4.78 is 7.79. The predicted molar refractivity (Wildman–Crippen MR) is 175 cm³/mol. The molecule has 9 heteroatoms. The second-order valence-electron chi connectivity index (χ2n) is 10.3. The minimum absolute atomic E-state index is 0.0814. The van der Waals surface area contributed by atoms with Crippen LogP contribution in [0.4, 0.5) is 11.4 Å². The Morgan fingerprint density at radius 1 is 0.953 bits per heavy atom. The molecule has 7 nitrogen and oxygen atoms in total. The number of carbonyl (C=O) groups excluding carboxylic acids is 1. The van der Waals surface area contributed by atoms with Gasteiger partial charge in [-0.1, -0.05) is 41.9 Å². The number of anilines is 2. The van der Waals surface area contributed by atoms with Crippen LogP contribution in [-0.4, -0.2) is 27.2 Å². The maximum Gasteiger partial charge on any atom is 0.262 e. The first-order chi connectivity index (χ1) is 20.9. The van der Waals surface area contributed by atoms with Crippen LogP contribution >= 0.6 is 23.8 Å². The van der Waals surface area contributed by atoms with Crippen molar-refractivity contribution in [1.29, 1.82) is 0 Å². The number of nitrogens with one attached hydrogen (secondary N) is 2. The lowest BCUT2D eigenvalue weighted by molar-refractivity contribution is -0.118.